The maximum Gasteiger partial charge on any atom is 0.208 e. The van der Waals surface area contributed by atoms with Gasteiger partial charge in [0, 0.05) is 7.05 Å². The Balaban J connectivity index is 1.84. The van der Waals surface area contributed by atoms with Crippen molar-refractivity contribution in [3.63, 3.8) is 0 Å². The van der Waals surface area contributed by atoms with Crippen LogP contribution in [0.3, 0.4) is 0 Å². The molecule has 1 N–H and O–H groups in total. The van der Waals surface area contributed by atoms with E-state index in [9.17, 15) is 0 Å². The first kappa shape index (κ1) is 10.8. The fraction of sp³-hybridized carbons (Fsp3) is 0.500. The minimum absolute atomic E-state index is 0.590. The molecule has 0 atom stereocenters. The van der Waals surface area contributed by atoms with Gasteiger partial charge in [-0.3, -0.25) is 4.68 Å². The predicted octanol–water partition coefficient (Wildman–Crippen LogP) is 0.710. The van der Waals surface area contributed by atoms with Crippen LogP contribution in [0.15, 0.2) is 10.7 Å². The molecule has 16 heavy (non-hydrogen) atoms. The van der Waals surface area contributed by atoms with E-state index in [1.165, 1.54) is 0 Å². The van der Waals surface area contributed by atoms with Crippen molar-refractivity contribution in [2.45, 2.75) is 26.9 Å². The molecule has 0 aromatic carbocycles. The van der Waals surface area contributed by atoms with Gasteiger partial charge < -0.3 is 9.73 Å². The molecule has 86 valence electrons. The quantitative estimate of drug-likeness (QED) is 0.823. The maximum absolute atomic E-state index is 5.44. The number of nitrogens with one attached hydrogen (secondary N) is 1. The van der Waals surface area contributed by atoms with Crippen molar-refractivity contribution in [1.29, 1.82) is 0 Å². The molecule has 0 amide bonds. The lowest BCUT2D eigenvalue weighted by Crippen LogP contribution is -2.14. The molecular formula is C10H15N5O. The zero-order valence-corrected chi connectivity index (χ0v) is 9.69. The summed E-state index contributed by atoms with van der Waals surface area (Å²) < 4.78 is 7.11. The summed E-state index contributed by atoms with van der Waals surface area (Å²) in [5.74, 6) is 2.33. The topological polar surface area (TPSA) is 68.8 Å². The third-order valence-electron chi connectivity index (χ3n) is 2.28. The van der Waals surface area contributed by atoms with Gasteiger partial charge in [0.05, 0.1) is 18.8 Å². The highest BCUT2D eigenvalue weighted by atomic mass is 16.4. The molecule has 2 aromatic heterocycles. The number of oxazole rings is 1. The SMILES string of the molecule is Cc1nc(CNCc2ncn(C)n2)oc1C. The molecule has 0 saturated heterocycles. The third-order valence-corrected chi connectivity index (χ3v) is 2.28. The lowest BCUT2D eigenvalue weighted by Gasteiger charge is -1.97. The second-order valence-corrected chi connectivity index (χ2v) is 3.69. The van der Waals surface area contributed by atoms with Crippen LogP contribution in [0.1, 0.15) is 23.2 Å². The molecule has 0 aliphatic carbocycles. The number of hydrogen-bond acceptors (Lipinski definition) is 5. The molecule has 0 radical (unpaired) electrons. The van der Waals surface area contributed by atoms with Crippen molar-refractivity contribution in [1.82, 2.24) is 25.1 Å². The molecule has 0 saturated carbocycles. The summed E-state index contributed by atoms with van der Waals surface area (Å²) >= 11 is 0. The first-order valence-corrected chi connectivity index (χ1v) is 5.13. The van der Waals surface area contributed by atoms with Crippen molar-refractivity contribution in [3.8, 4) is 0 Å². The first-order valence-electron chi connectivity index (χ1n) is 5.13. The van der Waals surface area contributed by atoms with Gasteiger partial charge in [0.1, 0.15) is 12.1 Å². The van der Waals surface area contributed by atoms with Crippen LogP contribution in [-0.4, -0.2) is 19.7 Å². The van der Waals surface area contributed by atoms with E-state index in [1.54, 1.807) is 11.0 Å². The molecule has 2 aromatic rings. The number of nitrogens with zero attached hydrogens (tertiary/aromatic N) is 4. The van der Waals surface area contributed by atoms with Crippen LogP contribution in [0.2, 0.25) is 0 Å². The maximum atomic E-state index is 5.44. The fourth-order valence-corrected chi connectivity index (χ4v) is 1.36. The van der Waals surface area contributed by atoms with Crippen LogP contribution in [0.4, 0.5) is 0 Å². The molecule has 6 nitrogen and oxygen atoms in total. The van der Waals surface area contributed by atoms with E-state index in [4.69, 9.17) is 4.42 Å². The number of aromatic nitrogens is 4. The molecule has 0 unspecified atom stereocenters. The van der Waals surface area contributed by atoms with Crippen molar-refractivity contribution in [2.75, 3.05) is 0 Å². The normalized spacial score (nSPS) is 10.9. The highest BCUT2D eigenvalue weighted by Gasteiger charge is 2.05. The molecule has 0 spiro atoms. The minimum atomic E-state index is 0.590. The lowest BCUT2D eigenvalue weighted by molar-refractivity contribution is 0.446. The highest BCUT2D eigenvalue weighted by Crippen LogP contribution is 2.07. The van der Waals surface area contributed by atoms with E-state index in [1.807, 2.05) is 20.9 Å². The number of aryl methyl sites for hydroxylation is 3. The van der Waals surface area contributed by atoms with E-state index in [2.05, 4.69) is 20.4 Å². The fourth-order valence-electron chi connectivity index (χ4n) is 1.36. The second kappa shape index (κ2) is 4.44. The molecule has 0 bridgehead atoms. The molecular weight excluding hydrogens is 206 g/mol. The van der Waals surface area contributed by atoms with Gasteiger partial charge in [-0.25, -0.2) is 9.97 Å². The van der Waals surface area contributed by atoms with E-state index in [0.717, 1.165) is 17.3 Å². The van der Waals surface area contributed by atoms with Crippen LogP contribution in [-0.2, 0) is 20.1 Å². The average Bonchev–Trinajstić information content (AvgIpc) is 2.75. The van der Waals surface area contributed by atoms with Gasteiger partial charge in [-0.05, 0) is 13.8 Å². The van der Waals surface area contributed by atoms with Crippen LogP contribution >= 0.6 is 0 Å². The predicted molar refractivity (Wildman–Crippen MR) is 57.5 cm³/mol. The highest BCUT2D eigenvalue weighted by molar-refractivity contribution is 5.05. The van der Waals surface area contributed by atoms with Crippen molar-refractivity contribution >= 4 is 0 Å². The van der Waals surface area contributed by atoms with E-state index in [0.29, 0.717) is 19.0 Å². The molecule has 2 heterocycles. The Labute approximate surface area is 93.7 Å². The van der Waals surface area contributed by atoms with Gasteiger partial charge in [0.2, 0.25) is 5.89 Å². The van der Waals surface area contributed by atoms with Gasteiger partial charge in [-0.1, -0.05) is 0 Å². The Kier molecular flexibility index (Phi) is 3.00. The summed E-state index contributed by atoms with van der Waals surface area (Å²) in [4.78, 5) is 8.38. The van der Waals surface area contributed by atoms with Crippen molar-refractivity contribution < 1.29 is 4.42 Å². The molecule has 0 aliphatic rings. The standard InChI is InChI=1S/C10H15N5O/c1-7-8(2)16-10(13-7)5-11-4-9-12-6-15(3)14-9/h6,11H,4-5H2,1-3H3. The van der Waals surface area contributed by atoms with Gasteiger partial charge >= 0.3 is 0 Å². The van der Waals surface area contributed by atoms with Crippen LogP contribution in [0.5, 0.6) is 0 Å². The van der Waals surface area contributed by atoms with Crippen molar-refractivity contribution in [2.24, 2.45) is 7.05 Å². The molecule has 0 fully saturated rings. The Morgan fingerprint density at radius 1 is 1.38 bits per heavy atom. The smallest absolute Gasteiger partial charge is 0.208 e. The largest absolute Gasteiger partial charge is 0.444 e. The zero-order chi connectivity index (χ0) is 11.5. The van der Waals surface area contributed by atoms with E-state index in [-0.39, 0.29) is 0 Å². The Bertz CT molecular complexity index is 454. The van der Waals surface area contributed by atoms with Gasteiger partial charge in [-0.2, -0.15) is 5.10 Å². The van der Waals surface area contributed by atoms with Gasteiger partial charge in [-0.15, -0.1) is 0 Å². The van der Waals surface area contributed by atoms with E-state index < -0.39 is 0 Å². The number of hydrogen-bond donors (Lipinski definition) is 1. The van der Waals surface area contributed by atoms with E-state index >= 15 is 0 Å². The van der Waals surface area contributed by atoms with Gasteiger partial charge in [0.15, 0.2) is 5.82 Å². The summed E-state index contributed by atoms with van der Waals surface area (Å²) in [7, 11) is 1.84. The summed E-state index contributed by atoms with van der Waals surface area (Å²) in [5.41, 5.74) is 0.938. The molecule has 0 aliphatic heterocycles. The summed E-state index contributed by atoms with van der Waals surface area (Å²) in [6.07, 6.45) is 1.68. The lowest BCUT2D eigenvalue weighted by atomic mass is 10.4. The Hall–Kier alpha value is -1.69. The Morgan fingerprint density at radius 3 is 2.75 bits per heavy atom. The molecule has 2 rings (SSSR count). The first-order chi connectivity index (χ1) is 7.65. The monoisotopic (exact) mass is 221 g/mol. The van der Waals surface area contributed by atoms with Crippen LogP contribution in [0.25, 0.3) is 0 Å². The van der Waals surface area contributed by atoms with Crippen LogP contribution in [0, 0.1) is 13.8 Å². The zero-order valence-electron chi connectivity index (χ0n) is 9.69. The average molecular weight is 221 g/mol. The second-order valence-electron chi connectivity index (χ2n) is 3.69. The minimum Gasteiger partial charge on any atom is -0.444 e. The van der Waals surface area contributed by atoms with Crippen molar-refractivity contribution in [3.05, 3.63) is 29.5 Å². The summed E-state index contributed by atoms with van der Waals surface area (Å²) in [6.45, 7) is 5.04. The number of rotatable bonds is 4. The molecule has 6 heteroatoms. The summed E-state index contributed by atoms with van der Waals surface area (Å²) in [5, 5.41) is 7.33. The summed E-state index contributed by atoms with van der Waals surface area (Å²) in [6, 6.07) is 0. The third kappa shape index (κ3) is 2.46. The van der Waals surface area contributed by atoms with Crippen LogP contribution < -0.4 is 5.32 Å². The van der Waals surface area contributed by atoms with Gasteiger partial charge in [0.25, 0.3) is 0 Å². The Morgan fingerprint density at radius 2 is 2.19 bits per heavy atom.